The molecule has 102 valence electrons. The van der Waals surface area contributed by atoms with Crippen molar-refractivity contribution in [1.29, 1.82) is 0 Å². The lowest BCUT2D eigenvalue weighted by Gasteiger charge is -2.24. The first kappa shape index (κ1) is 13.7. The van der Waals surface area contributed by atoms with Crippen LogP contribution in [0.3, 0.4) is 0 Å². The average Bonchev–Trinajstić information content (AvgIpc) is 2.38. The monoisotopic (exact) mass is 258 g/mol. The van der Waals surface area contributed by atoms with Crippen LogP contribution in [0, 0.1) is 17.8 Å². The molecule has 1 aromatic heterocycles. The van der Waals surface area contributed by atoms with E-state index in [1.165, 1.54) is 0 Å². The van der Waals surface area contributed by atoms with Crippen molar-refractivity contribution in [3.63, 3.8) is 0 Å². The van der Waals surface area contributed by atoms with Gasteiger partial charge < -0.3 is 5.32 Å². The van der Waals surface area contributed by atoms with E-state index in [1.54, 1.807) is 0 Å². The summed E-state index contributed by atoms with van der Waals surface area (Å²) in [4.78, 5) is 4.48. The van der Waals surface area contributed by atoms with Gasteiger partial charge in [-0.3, -0.25) is 0 Å². The number of anilines is 1. The van der Waals surface area contributed by atoms with E-state index in [4.69, 9.17) is 0 Å². The minimum absolute atomic E-state index is 0.607. The van der Waals surface area contributed by atoms with E-state index in [0.717, 1.165) is 17.6 Å². The summed E-state index contributed by atoms with van der Waals surface area (Å²) in [5.74, 6) is 2.50. The number of rotatable bonds is 5. The molecule has 2 aromatic rings. The molecule has 19 heavy (non-hydrogen) atoms. The summed E-state index contributed by atoms with van der Waals surface area (Å²) in [6, 6.07) is 7.78. The largest absolute Gasteiger partial charge is 0.353 e. The van der Waals surface area contributed by atoms with Crippen molar-refractivity contribution in [3.8, 4) is 0 Å². The van der Waals surface area contributed by atoms with E-state index in [9.17, 15) is 0 Å². The van der Waals surface area contributed by atoms with Gasteiger partial charge in [0.15, 0.2) is 0 Å². The summed E-state index contributed by atoms with van der Waals surface area (Å²) in [6.07, 6.45) is 0. The summed E-state index contributed by atoms with van der Waals surface area (Å²) in [6.45, 7) is 9.91. The van der Waals surface area contributed by atoms with Crippen LogP contribution in [0.2, 0.25) is 0 Å². The van der Waals surface area contributed by atoms with Gasteiger partial charge >= 0.3 is 0 Å². The fraction of sp³-hybridized carbons (Fsp3) is 0.533. The SMILES string of the molecule is CC(C)C(CNc1nnc2ccccc2n1)C(C)C. The van der Waals surface area contributed by atoms with Crippen LogP contribution >= 0.6 is 0 Å². The molecule has 0 bridgehead atoms. The molecule has 0 spiro atoms. The Morgan fingerprint density at radius 1 is 0.947 bits per heavy atom. The minimum atomic E-state index is 0.607. The number of aromatic nitrogens is 3. The van der Waals surface area contributed by atoms with Gasteiger partial charge in [-0.25, -0.2) is 4.98 Å². The third kappa shape index (κ3) is 3.40. The minimum Gasteiger partial charge on any atom is -0.353 e. The number of benzene rings is 1. The Kier molecular flexibility index (Phi) is 4.30. The van der Waals surface area contributed by atoms with Gasteiger partial charge in [0.1, 0.15) is 5.52 Å². The van der Waals surface area contributed by atoms with Crippen molar-refractivity contribution in [2.24, 2.45) is 17.8 Å². The van der Waals surface area contributed by atoms with Crippen LogP contribution in [0.15, 0.2) is 24.3 Å². The second-order valence-electron chi connectivity index (χ2n) is 5.66. The molecule has 0 aliphatic carbocycles. The van der Waals surface area contributed by atoms with Gasteiger partial charge in [0, 0.05) is 6.54 Å². The van der Waals surface area contributed by atoms with Crippen LogP contribution in [-0.2, 0) is 0 Å². The molecule has 0 saturated heterocycles. The zero-order valence-electron chi connectivity index (χ0n) is 12.1. The Morgan fingerprint density at radius 2 is 1.58 bits per heavy atom. The number of nitrogens with one attached hydrogen (secondary N) is 1. The lowest BCUT2D eigenvalue weighted by Crippen LogP contribution is -2.25. The van der Waals surface area contributed by atoms with Crippen molar-refractivity contribution in [3.05, 3.63) is 24.3 Å². The van der Waals surface area contributed by atoms with Gasteiger partial charge in [0.25, 0.3) is 0 Å². The Bertz CT molecular complexity index is 528. The predicted octanol–water partition coefficient (Wildman–Crippen LogP) is 3.36. The molecule has 0 unspecified atom stereocenters. The zero-order valence-corrected chi connectivity index (χ0v) is 12.1. The van der Waals surface area contributed by atoms with E-state index in [0.29, 0.717) is 23.7 Å². The normalized spacial score (nSPS) is 11.7. The number of para-hydroxylation sites is 1. The van der Waals surface area contributed by atoms with Gasteiger partial charge in [-0.2, -0.15) is 0 Å². The van der Waals surface area contributed by atoms with Crippen molar-refractivity contribution < 1.29 is 0 Å². The van der Waals surface area contributed by atoms with E-state index in [-0.39, 0.29) is 0 Å². The van der Waals surface area contributed by atoms with Crippen LogP contribution < -0.4 is 5.32 Å². The molecule has 0 amide bonds. The third-order valence-corrected chi connectivity index (χ3v) is 3.57. The van der Waals surface area contributed by atoms with Crippen LogP contribution in [-0.4, -0.2) is 21.7 Å². The maximum atomic E-state index is 4.48. The smallest absolute Gasteiger partial charge is 0.243 e. The Labute approximate surface area is 114 Å². The molecule has 4 heteroatoms. The quantitative estimate of drug-likeness (QED) is 0.893. The van der Waals surface area contributed by atoms with E-state index >= 15 is 0 Å². The van der Waals surface area contributed by atoms with Gasteiger partial charge in [0.05, 0.1) is 5.52 Å². The Balaban J connectivity index is 2.09. The van der Waals surface area contributed by atoms with Crippen molar-refractivity contribution >= 4 is 17.0 Å². The van der Waals surface area contributed by atoms with E-state index in [2.05, 4.69) is 48.2 Å². The van der Waals surface area contributed by atoms with Crippen LogP contribution in [0.5, 0.6) is 0 Å². The summed E-state index contributed by atoms with van der Waals surface area (Å²) < 4.78 is 0. The van der Waals surface area contributed by atoms with Gasteiger partial charge in [-0.1, -0.05) is 39.8 Å². The van der Waals surface area contributed by atoms with E-state index < -0.39 is 0 Å². The molecule has 0 saturated carbocycles. The summed E-state index contributed by atoms with van der Waals surface area (Å²) >= 11 is 0. The first-order valence-corrected chi connectivity index (χ1v) is 6.91. The highest BCUT2D eigenvalue weighted by Crippen LogP contribution is 2.20. The molecule has 1 N–H and O–H groups in total. The molecule has 1 aromatic carbocycles. The number of fused-ring (bicyclic) bond motifs is 1. The summed E-state index contributed by atoms with van der Waals surface area (Å²) in [5.41, 5.74) is 1.71. The number of hydrogen-bond donors (Lipinski definition) is 1. The maximum Gasteiger partial charge on any atom is 0.243 e. The number of hydrogen-bond acceptors (Lipinski definition) is 4. The Hall–Kier alpha value is -1.71. The highest BCUT2D eigenvalue weighted by Gasteiger charge is 2.17. The molecule has 2 rings (SSSR count). The van der Waals surface area contributed by atoms with Gasteiger partial charge in [0.2, 0.25) is 5.95 Å². The molecule has 0 aliphatic rings. The molecule has 1 heterocycles. The van der Waals surface area contributed by atoms with Crippen LogP contribution in [0.25, 0.3) is 11.0 Å². The molecular weight excluding hydrogens is 236 g/mol. The second kappa shape index (κ2) is 5.95. The van der Waals surface area contributed by atoms with Crippen molar-refractivity contribution in [1.82, 2.24) is 15.2 Å². The molecule has 0 atom stereocenters. The second-order valence-corrected chi connectivity index (χ2v) is 5.66. The average molecular weight is 258 g/mol. The first-order valence-electron chi connectivity index (χ1n) is 6.91. The third-order valence-electron chi connectivity index (χ3n) is 3.57. The van der Waals surface area contributed by atoms with E-state index in [1.807, 2.05) is 24.3 Å². The highest BCUT2D eigenvalue weighted by molar-refractivity contribution is 5.73. The standard InChI is InChI=1S/C15H22N4/c1-10(2)12(11(3)4)9-16-15-17-13-7-5-6-8-14(13)18-19-15/h5-8,10-12H,9H2,1-4H3,(H,16,17,19). The molecule has 0 radical (unpaired) electrons. The van der Waals surface area contributed by atoms with Gasteiger partial charge in [-0.05, 0) is 29.9 Å². The predicted molar refractivity (Wildman–Crippen MR) is 79.0 cm³/mol. The molecular formula is C15H22N4. The fourth-order valence-electron chi connectivity index (χ4n) is 2.41. The maximum absolute atomic E-state index is 4.48. The summed E-state index contributed by atoms with van der Waals surface area (Å²) in [5, 5.41) is 11.6. The zero-order chi connectivity index (χ0) is 13.8. The number of nitrogens with zero attached hydrogens (tertiary/aromatic N) is 3. The molecule has 0 aliphatic heterocycles. The van der Waals surface area contributed by atoms with Crippen molar-refractivity contribution in [2.75, 3.05) is 11.9 Å². The van der Waals surface area contributed by atoms with Crippen LogP contribution in [0.1, 0.15) is 27.7 Å². The first-order chi connectivity index (χ1) is 9.08. The highest BCUT2D eigenvalue weighted by atomic mass is 15.2. The van der Waals surface area contributed by atoms with Crippen LogP contribution in [0.4, 0.5) is 5.95 Å². The van der Waals surface area contributed by atoms with Gasteiger partial charge in [-0.15, -0.1) is 10.2 Å². The lowest BCUT2D eigenvalue weighted by molar-refractivity contribution is 0.304. The topological polar surface area (TPSA) is 50.7 Å². The summed E-state index contributed by atoms with van der Waals surface area (Å²) in [7, 11) is 0. The molecule has 0 fully saturated rings. The lowest BCUT2D eigenvalue weighted by atomic mass is 9.85. The van der Waals surface area contributed by atoms with Crippen molar-refractivity contribution in [2.45, 2.75) is 27.7 Å². The Morgan fingerprint density at radius 3 is 2.21 bits per heavy atom. The molecule has 4 nitrogen and oxygen atoms in total. The fourth-order valence-corrected chi connectivity index (χ4v) is 2.41.